The van der Waals surface area contributed by atoms with Crippen LogP contribution in [0.15, 0.2) is 83.9 Å². The average molecular weight is 658 g/mol. The molecule has 2 heterocycles. The molecule has 47 heavy (non-hydrogen) atoms. The molecule has 2 N–H and O–H groups in total. The summed E-state index contributed by atoms with van der Waals surface area (Å²) in [4.78, 5) is 18.3. The summed E-state index contributed by atoms with van der Waals surface area (Å²) in [7, 11) is -4.70. The van der Waals surface area contributed by atoms with Crippen LogP contribution >= 0.6 is 0 Å². The number of nitrogens with zero attached hydrogens (tertiary/aromatic N) is 1. The second-order valence-electron chi connectivity index (χ2n) is 14.6. The van der Waals surface area contributed by atoms with E-state index in [0.29, 0.717) is 23.5 Å². The van der Waals surface area contributed by atoms with Gasteiger partial charge in [-0.15, -0.1) is 0 Å². The van der Waals surface area contributed by atoms with Gasteiger partial charge in [-0.05, 0) is 79.5 Å². The number of hydrogen-bond acceptors (Lipinski definition) is 7. The SMILES string of the molecule is CC1(C)[C@@H]2C[C@H]3OB([C@H](CC4CCC4)NC(=O)C(Cc4ccccc4)NS(=O)(=O)c4ccc(Oc5ccccc5)nc4)O[C@@]3(C)[C@H]1C2. The molecule has 8 rings (SSSR count). The highest BCUT2D eigenvalue weighted by Gasteiger charge is 2.68. The van der Waals surface area contributed by atoms with E-state index in [1.54, 1.807) is 12.1 Å². The summed E-state index contributed by atoms with van der Waals surface area (Å²) in [5, 5.41) is 3.21. The van der Waals surface area contributed by atoms with Crippen LogP contribution < -0.4 is 14.8 Å². The van der Waals surface area contributed by atoms with Gasteiger partial charge in [-0.25, -0.2) is 13.4 Å². The maximum atomic E-state index is 14.2. The molecule has 1 saturated heterocycles. The Morgan fingerprint density at radius 2 is 1.74 bits per heavy atom. The number of rotatable bonds is 12. The zero-order valence-corrected chi connectivity index (χ0v) is 28.1. The molecule has 1 amide bonds. The van der Waals surface area contributed by atoms with Crippen molar-refractivity contribution in [3.8, 4) is 11.6 Å². The molecular weight excluding hydrogens is 613 g/mol. The Kier molecular flexibility index (Phi) is 8.70. The topological polar surface area (TPSA) is 116 Å². The Morgan fingerprint density at radius 3 is 2.38 bits per heavy atom. The van der Waals surface area contributed by atoms with E-state index in [4.69, 9.17) is 14.0 Å². The Hall–Kier alpha value is -3.25. The molecule has 1 unspecified atom stereocenters. The third-order valence-electron chi connectivity index (χ3n) is 11.3. The van der Waals surface area contributed by atoms with Crippen molar-refractivity contribution in [1.29, 1.82) is 0 Å². The summed E-state index contributed by atoms with van der Waals surface area (Å²) in [5.41, 5.74) is 0.639. The summed E-state index contributed by atoms with van der Waals surface area (Å²) < 4.78 is 49.2. The van der Waals surface area contributed by atoms with Crippen LogP contribution in [-0.4, -0.2) is 50.1 Å². The van der Waals surface area contributed by atoms with Gasteiger partial charge in [0.05, 0.1) is 23.8 Å². The Balaban J connectivity index is 1.10. The van der Waals surface area contributed by atoms with Crippen LogP contribution in [0.25, 0.3) is 0 Å². The first kappa shape index (κ1) is 32.3. The zero-order valence-electron chi connectivity index (χ0n) is 27.3. The van der Waals surface area contributed by atoms with Gasteiger partial charge in [-0.2, -0.15) is 4.72 Å². The molecule has 3 aromatic rings. The molecular formula is C36H44BN3O6S. The summed E-state index contributed by atoms with van der Waals surface area (Å²) in [6, 6.07) is 20.4. The number of hydrogen-bond donors (Lipinski definition) is 2. The van der Waals surface area contributed by atoms with Gasteiger partial charge in [0.1, 0.15) is 16.7 Å². The third-order valence-corrected chi connectivity index (χ3v) is 12.8. The van der Waals surface area contributed by atoms with Crippen molar-refractivity contribution in [2.24, 2.45) is 23.2 Å². The van der Waals surface area contributed by atoms with Gasteiger partial charge in [-0.1, -0.05) is 81.6 Å². The van der Waals surface area contributed by atoms with Gasteiger partial charge < -0.3 is 19.4 Å². The van der Waals surface area contributed by atoms with E-state index in [-0.39, 0.29) is 28.7 Å². The van der Waals surface area contributed by atoms with Crippen LogP contribution in [0, 0.1) is 23.2 Å². The lowest BCUT2D eigenvalue weighted by Gasteiger charge is -2.64. The lowest BCUT2D eigenvalue weighted by atomic mass is 9.43. The van der Waals surface area contributed by atoms with E-state index in [1.165, 1.54) is 24.8 Å². The standard InChI is InChI=1S/C36H44BN3O6S/c1-35(2)26-21-30(35)36(3)31(22-26)45-37(46-36)32(20-25-13-10-14-25)39-34(41)29(19-24-11-6-4-7-12-24)40-47(42,43)28-17-18-33(38-23-28)44-27-15-8-5-9-16-27/h4-9,11-12,15-18,23,25-26,29-32,40H,10,13-14,19-22H2,1-3H3,(H,39,41)/t26-,29?,30-,31+,32-,36-/m0/s1. The predicted octanol–water partition coefficient (Wildman–Crippen LogP) is 5.71. The monoisotopic (exact) mass is 657 g/mol. The molecule has 4 saturated carbocycles. The van der Waals surface area contributed by atoms with Gasteiger partial charge in [0.15, 0.2) is 0 Å². The second-order valence-corrected chi connectivity index (χ2v) is 16.3. The number of benzene rings is 2. The quantitative estimate of drug-likeness (QED) is 0.240. The van der Waals surface area contributed by atoms with Gasteiger partial charge in [0.25, 0.3) is 0 Å². The van der Waals surface area contributed by atoms with Crippen molar-refractivity contribution >= 4 is 23.0 Å². The molecule has 9 nitrogen and oxygen atoms in total. The number of nitrogens with one attached hydrogen (secondary N) is 2. The number of carbonyl (C=O) groups excluding carboxylic acids is 1. The van der Waals surface area contributed by atoms with Gasteiger partial charge in [0.2, 0.25) is 21.8 Å². The van der Waals surface area contributed by atoms with E-state index in [1.807, 2.05) is 48.5 Å². The van der Waals surface area contributed by atoms with Crippen molar-refractivity contribution in [2.75, 3.05) is 0 Å². The van der Waals surface area contributed by atoms with Crippen LogP contribution in [0.3, 0.4) is 0 Å². The molecule has 5 aliphatic rings. The summed E-state index contributed by atoms with van der Waals surface area (Å²) in [6.07, 6.45) is 7.63. The van der Waals surface area contributed by atoms with Crippen molar-refractivity contribution in [2.45, 2.75) is 94.3 Å². The highest BCUT2D eigenvalue weighted by atomic mass is 32.2. The zero-order chi connectivity index (χ0) is 32.8. The highest BCUT2D eigenvalue weighted by Crippen LogP contribution is 2.65. The summed E-state index contributed by atoms with van der Waals surface area (Å²) >= 11 is 0. The second kappa shape index (κ2) is 12.7. The molecule has 2 aromatic carbocycles. The number of carbonyl (C=O) groups is 1. The van der Waals surface area contributed by atoms with Crippen LogP contribution in [0.2, 0.25) is 0 Å². The Labute approximate surface area is 278 Å². The van der Waals surface area contributed by atoms with Crippen LogP contribution in [0.5, 0.6) is 11.6 Å². The molecule has 11 heteroatoms. The largest absolute Gasteiger partial charge is 0.481 e. The Bertz CT molecular complexity index is 1670. The van der Waals surface area contributed by atoms with Crippen LogP contribution in [0.4, 0.5) is 0 Å². The van der Waals surface area contributed by atoms with Gasteiger partial charge >= 0.3 is 7.12 Å². The molecule has 0 spiro atoms. The van der Waals surface area contributed by atoms with Crippen molar-refractivity contribution in [3.05, 3.63) is 84.6 Å². The summed E-state index contributed by atoms with van der Waals surface area (Å²) in [6.45, 7) is 6.84. The fraction of sp³-hybridized carbons (Fsp3) is 0.500. The highest BCUT2D eigenvalue weighted by molar-refractivity contribution is 7.89. The molecule has 1 aromatic heterocycles. The minimum Gasteiger partial charge on any atom is -0.439 e. The van der Waals surface area contributed by atoms with E-state index in [9.17, 15) is 13.2 Å². The molecule has 5 fully saturated rings. The molecule has 0 radical (unpaired) electrons. The molecule has 4 aliphatic carbocycles. The lowest BCUT2D eigenvalue weighted by Crippen LogP contribution is -2.65. The number of sulfonamides is 1. The smallest absolute Gasteiger partial charge is 0.439 e. The fourth-order valence-corrected chi connectivity index (χ4v) is 9.31. The lowest BCUT2D eigenvalue weighted by molar-refractivity contribution is -0.199. The summed E-state index contributed by atoms with van der Waals surface area (Å²) in [5.74, 6) is 1.54. The third kappa shape index (κ3) is 6.47. The van der Waals surface area contributed by atoms with E-state index >= 15 is 0 Å². The minimum absolute atomic E-state index is 0.00923. The average Bonchev–Trinajstić information content (AvgIpc) is 3.40. The molecule has 6 atom stereocenters. The minimum atomic E-state index is -4.12. The first-order chi connectivity index (χ1) is 22.5. The molecule has 248 valence electrons. The molecule has 2 bridgehead atoms. The first-order valence-corrected chi connectivity index (χ1v) is 18.4. The predicted molar refractivity (Wildman–Crippen MR) is 179 cm³/mol. The number of aromatic nitrogens is 1. The number of amides is 1. The van der Waals surface area contributed by atoms with Crippen molar-refractivity contribution < 1.29 is 27.3 Å². The molecule has 1 aliphatic heterocycles. The van der Waals surface area contributed by atoms with E-state index in [0.717, 1.165) is 37.7 Å². The first-order valence-electron chi connectivity index (χ1n) is 16.9. The maximum absolute atomic E-state index is 14.2. The Morgan fingerprint density at radius 1 is 1.02 bits per heavy atom. The van der Waals surface area contributed by atoms with E-state index in [2.05, 4.69) is 35.8 Å². The fourth-order valence-electron chi connectivity index (χ4n) is 8.17. The number of para-hydroxylation sites is 1. The maximum Gasteiger partial charge on any atom is 0.481 e. The van der Waals surface area contributed by atoms with Crippen molar-refractivity contribution in [1.82, 2.24) is 15.0 Å². The van der Waals surface area contributed by atoms with Gasteiger partial charge in [0, 0.05) is 6.07 Å². The number of pyridine rings is 1. The van der Waals surface area contributed by atoms with Crippen LogP contribution in [0.1, 0.15) is 64.9 Å². The normalized spacial score (nSPS) is 27.6. The van der Waals surface area contributed by atoms with Crippen molar-refractivity contribution in [3.63, 3.8) is 0 Å². The van der Waals surface area contributed by atoms with Gasteiger partial charge in [-0.3, -0.25) is 4.79 Å². The number of ether oxygens (including phenoxy) is 1. The van der Waals surface area contributed by atoms with Crippen LogP contribution in [-0.2, 0) is 30.5 Å². The van der Waals surface area contributed by atoms with E-state index < -0.39 is 40.6 Å².